The second-order valence-corrected chi connectivity index (χ2v) is 7.94. The van der Waals surface area contributed by atoms with Crippen molar-refractivity contribution in [1.82, 2.24) is 30.1 Å². The van der Waals surface area contributed by atoms with Gasteiger partial charge in [0.2, 0.25) is 5.95 Å². The zero-order valence-electron chi connectivity index (χ0n) is 16.8. The topological polar surface area (TPSA) is 75.0 Å². The fourth-order valence-corrected chi connectivity index (χ4v) is 4.02. The third-order valence-electron chi connectivity index (χ3n) is 5.15. The Morgan fingerprint density at radius 3 is 2.70 bits per heavy atom. The smallest absolute Gasteiger partial charge is 0.248 e. The fourth-order valence-electron chi connectivity index (χ4n) is 3.64. The quantitative estimate of drug-likeness (QED) is 0.594. The van der Waals surface area contributed by atoms with E-state index in [0.717, 1.165) is 44.1 Å². The monoisotopic (exact) mass is 446 g/mol. The van der Waals surface area contributed by atoms with Gasteiger partial charge in [-0.15, -0.1) is 0 Å². The van der Waals surface area contributed by atoms with Crippen molar-refractivity contribution in [2.75, 3.05) is 42.9 Å². The number of pyridine rings is 1. The van der Waals surface area contributed by atoms with Crippen LogP contribution in [0.15, 0.2) is 36.5 Å². The summed E-state index contributed by atoms with van der Waals surface area (Å²) >= 11 is 12.5. The summed E-state index contributed by atoms with van der Waals surface area (Å²) in [4.78, 5) is 9.50. The lowest BCUT2D eigenvalue weighted by Crippen LogP contribution is -2.47. The number of rotatable bonds is 7. The van der Waals surface area contributed by atoms with Gasteiger partial charge >= 0.3 is 0 Å². The molecular weight excluding hydrogens is 423 g/mol. The molecule has 1 saturated heterocycles. The molecule has 0 saturated carbocycles. The third kappa shape index (κ3) is 4.50. The van der Waals surface area contributed by atoms with Crippen LogP contribution in [-0.2, 0) is 6.54 Å². The lowest BCUT2D eigenvalue weighted by atomic mass is 10.2. The average Bonchev–Trinajstić information content (AvgIpc) is 3.24. The molecule has 1 N–H and O–H groups in total. The van der Waals surface area contributed by atoms with E-state index in [-0.39, 0.29) is 0 Å². The van der Waals surface area contributed by atoms with Gasteiger partial charge < -0.3 is 10.2 Å². The first-order chi connectivity index (χ1) is 14.7. The van der Waals surface area contributed by atoms with Crippen LogP contribution >= 0.6 is 23.2 Å². The number of aromatic nitrogens is 5. The van der Waals surface area contributed by atoms with E-state index in [0.29, 0.717) is 28.2 Å². The van der Waals surface area contributed by atoms with Crippen molar-refractivity contribution in [3.63, 3.8) is 0 Å². The minimum absolute atomic E-state index is 0.404. The number of anilines is 2. The molecule has 0 radical (unpaired) electrons. The maximum Gasteiger partial charge on any atom is 0.248 e. The van der Waals surface area contributed by atoms with Crippen molar-refractivity contribution in [2.24, 2.45) is 0 Å². The third-order valence-corrected chi connectivity index (χ3v) is 5.95. The highest BCUT2D eigenvalue weighted by Gasteiger charge is 2.20. The van der Waals surface area contributed by atoms with E-state index in [4.69, 9.17) is 23.2 Å². The molecule has 0 amide bonds. The zero-order chi connectivity index (χ0) is 20.9. The summed E-state index contributed by atoms with van der Waals surface area (Å²) in [5, 5.41) is 16.1. The summed E-state index contributed by atoms with van der Waals surface area (Å²) in [6.07, 6.45) is 3.02. The molecule has 1 fully saturated rings. The predicted molar refractivity (Wildman–Crippen MR) is 120 cm³/mol. The molecular formula is C20H24Cl2N8. The fraction of sp³-hybridized carbons (Fsp3) is 0.400. The van der Waals surface area contributed by atoms with Gasteiger partial charge in [0.15, 0.2) is 0 Å². The summed E-state index contributed by atoms with van der Waals surface area (Å²) in [5.41, 5.74) is 1.71. The van der Waals surface area contributed by atoms with Crippen molar-refractivity contribution in [2.45, 2.75) is 19.9 Å². The van der Waals surface area contributed by atoms with Crippen LogP contribution in [0.3, 0.4) is 0 Å². The highest BCUT2D eigenvalue weighted by molar-refractivity contribution is 6.43. The summed E-state index contributed by atoms with van der Waals surface area (Å²) in [6.45, 7) is 7.97. The molecule has 3 aromatic rings. The lowest BCUT2D eigenvalue weighted by Gasteiger charge is -2.36. The molecule has 0 spiro atoms. The maximum atomic E-state index is 6.34. The number of nitrogens with one attached hydrogen (secondary N) is 1. The maximum absolute atomic E-state index is 6.34. The first kappa shape index (κ1) is 20.8. The van der Waals surface area contributed by atoms with Gasteiger partial charge in [-0.05, 0) is 41.6 Å². The van der Waals surface area contributed by atoms with Gasteiger partial charge in [-0.3, -0.25) is 4.90 Å². The first-order valence-electron chi connectivity index (χ1n) is 10.0. The Morgan fingerprint density at radius 2 is 1.90 bits per heavy atom. The van der Waals surface area contributed by atoms with Gasteiger partial charge in [0, 0.05) is 44.5 Å². The standard InChI is InChI=1S/C20H24Cl2N8/c1-2-9-28-10-12-29(13-11-28)19-15(5-4-8-23-19)14-24-20-25-26-27-30(20)17-7-3-6-16(21)18(17)22/h3-8H,2,9-14H2,1H3,(H,24,25,27). The van der Waals surface area contributed by atoms with Crippen LogP contribution in [0.25, 0.3) is 5.69 Å². The van der Waals surface area contributed by atoms with Crippen LogP contribution in [0.5, 0.6) is 0 Å². The molecule has 4 rings (SSSR count). The Kier molecular flexibility index (Phi) is 6.66. The van der Waals surface area contributed by atoms with Crippen LogP contribution < -0.4 is 10.2 Å². The molecule has 8 nitrogen and oxygen atoms in total. The SMILES string of the molecule is CCCN1CCN(c2ncccc2CNc2nnnn2-c2cccc(Cl)c2Cl)CC1. The summed E-state index contributed by atoms with van der Waals surface area (Å²) < 4.78 is 1.55. The molecule has 1 aliphatic heterocycles. The second kappa shape index (κ2) is 9.59. The van der Waals surface area contributed by atoms with E-state index in [1.54, 1.807) is 10.7 Å². The Bertz CT molecular complexity index is 984. The number of piperazine rings is 1. The van der Waals surface area contributed by atoms with Crippen LogP contribution in [0, 0.1) is 0 Å². The van der Waals surface area contributed by atoms with E-state index in [2.05, 4.69) is 48.6 Å². The molecule has 158 valence electrons. The van der Waals surface area contributed by atoms with E-state index >= 15 is 0 Å². The van der Waals surface area contributed by atoms with Crippen molar-refractivity contribution >= 4 is 35.0 Å². The van der Waals surface area contributed by atoms with Crippen molar-refractivity contribution in [3.8, 4) is 5.69 Å². The number of benzene rings is 1. The minimum atomic E-state index is 0.404. The number of hydrogen-bond donors (Lipinski definition) is 1. The van der Waals surface area contributed by atoms with Crippen molar-refractivity contribution in [1.29, 1.82) is 0 Å². The Hall–Kier alpha value is -2.42. The highest BCUT2D eigenvalue weighted by atomic mass is 35.5. The van der Waals surface area contributed by atoms with Crippen LogP contribution in [-0.4, -0.2) is 62.8 Å². The van der Waals surface area contributed by atoms with E-state index in [1.807, 2.05) is 24.4 Å². The van der Waals surface area contributed by atoms with Gasteiger partial charge in [0.1, 0.15) is 5.82 Å². The van der Waals surface area contributed by atoms with Gasteiger partial charge in [-0.25, -0.2) is 4.98 Å². The number of hydrogen-bond acceptors (Lipinski definition) is 7. The van der Waals surface area contributed by atoms with Crippen molar-refractivity contribution in [3.05, 3.63) is 52.1 Å². The lowest BCUT2D eigenvalue weighted by molar-refractivity contribution is 0.258. The molecule has 0 aliphatic carbocycles. The molecule has 0 bridgehead atoms. The first-order valence-corrected chi connectivity index (χ1v) is 10.8. The molecule has 1 aromatic carbocycles. The van der Waals surface area contributed by atoms with Crippen LogP contribution in [0.1, 0.15) is 18.9 Å². The Labute approximate surface area is 185 Å². The minimum Gasteiger partial charge on any atom is -0.354 e. The van der Waals surface area contributed by atoms with Gasteiger partial charge in [-0.2, -0.15) is 4.68 Å². The summed E-state index contributed by atoms with van der Waals surface area (Å²) in [6, 6.07) is 9.39. The highest BCUT2D eigenvalue weighted by Crippen LogP contribution is 2.29. The molecule has 0 atom stereocenters. The summed E-state index contributed by atoms with van der Waals surface area (Å²) in [5.74, 6) is 1.49. The predicted octanol–water partition coefficient (Wildman–Crippen LogP) is 3.51. The van der Waals surface area contributed by atoms with Crippen LogP contribution in [0.2, 0.25) is 10.0 Å². The van der Waals surface area contributed by atoms with E-state index < -0.39 is 0 Å². The van der Waals surface area contributed by atoms with Crippen molar-refractivity contribution < 1.29 is 0 Å². The van der Waals surface area contributed by atoms with Gasteiger partial charge in [-0.1, -0.05) is 47.4 Å². The molecule has 2 aromatic heterocycles. The normalized spacial score (nSPS) is 14.8. The summed E-state index contributed by atoms with van der Waals surface area (Å²) in [7, 11) is 0. The Balaban J connectivity index is 1.49. The Morgan fingerprint density at radius 1 is 1.07 bits per heavy atom. The van der Waals surface area contributed by atoms with E-state index in [9.17, 15) is 0 Å². The molecule has 0 unspecified atom stereocenters. The number of nitrogens with zero attached hydrogens (tertiary/aromatic N) is 7. The van der Waals surface area contributed by atoms with Gasteiger partial charge in [0.05, 0.1) is 15.7 Å². The molecule has 3 heterocycles. The molecule has 1 aliphatic rings. The van der Waals surface area contributed by atoms with Gasteiger partial charge in [0.25, 0.3) is 0 Å². The zero-order valence-corrected chi connectivity index (χ0v) is 18.3. The number of tetrazole rings is 1. The number of halogens is 2. The largest absolute Gasteiger partial charge is 0.354 e. The average molecular weight is 447 g/mol. The second-order valence-electron chi connectivity index (χ2n) is 7.16. The van der Waals surface area contributed by atoms with Crippen LogP contribution in [0.4, 0.5) is 11.8 Å². The van der Waals surface area contributed by atoms with E-state index in [1.165, 1.54) is 6.42 Å². The molecule has 30 heavy (non-hydrogen) atoms. The molecule has 10 heteroatoms.